The predicted octanol–water partition coefficient (Wildman–Crippen LogP) is 1.61. The van der Waals surface area contributed by atoms with Gasteiger partial charge in [-0.15, -0.1) is 0 Å². The van der Waals surface area contributed by atoms with Crippen LogP contribution in [0.15, 0.2) is 0 Å². The van der Waals surface area contributed by atoms with Gasteiger partial charge in [-0.1, -0.05) is 6.92 Å². The van der Waals surface area contributed by atoms with Gasteiger partial charge >= 0.3 is 0 Å². The number of likely N-dealkylation sites (tertiary alicyclic amines) is 1. The molecule has 0 aromatic heterocycles. The molecule has 0 spiro atoms. The topological polar surface area (TPSA) is 38.5 Å². The van der Waals surface area contributed by atoms with Crippen LogP contribution in [0.1, 0.15) is 39.5 Å². The average Bonchev–Trinajstić information content (AvgIpc) is 2.26. The molecule has 3 heteroatoms. The number of hydrogen-bond acceptors (Lipinski definition) is 3. The summed E-state index contributed by atoms with van der Waals surface area (Å²) >= 11 is 0. The highest BCUT2D eigenvalue weighted by Crippen LogP contribution is 2.26. The van der Waals surface area contributed by atoms with Crippen molar-refractivity contribution in [3.05, 3.63) is 0 Å². The van der Waals surface area contributed by atoms with E-state index in [2.05, 4.69) is 18.7 Å². The van der Waals surface area contributed by atoms with Crippen LogP contribution in [0.4, 0.5) is 0 Å². The SMILES string of the molecule is CCC(CCN)N1CCCC(C)(OC)C1. The van der Waals surface area contributed by atoms with Crippen molar-refractivity contribution >= 4 is 0 Å². The molecule has 1 saturated heterocycles. The highest BCUT2D eigenvalue weighted by molar-refractivity contribution is 4.87. The van der Waals surface area contributed by atoms with E-state index < -0.39 is 0 Å². The van der Waals surface area contributed by atoms with E-state index in [0.29, 0.717) is 6.04 Å². The molecule has 2 atom stereocenters. The van der Waals surface area contributed by atoms with Crippen LogP contribution in [-0.2, 0) is 4.74 Å². The molecule has 3 nitrogen and oxygen atoms in total. The largest absolute Gasteiger partial charge is 0.377 e. The summed E-state index contributed by atoms with van der Waals surface area (Å²) in [6.07, 6.45) is 4.72. The fourth-order valence-electron chi connectivity index (χ4n) is 2.56. The van der Waals surface area contributed by atoms with Crippen LogP contribution in [-0.4, -0.2) is 43.3 Å². The zero-order valence-electron chi connectivity index (χ0n) is 10.5. The zero-order chi connectivity index (χ0) is 11.3. The first kappa shape index (κ1) is 12.9. The van der Waals surface area contributed by atoms with Gasteiger partial charge in [-0.25, -0.2) is 0 Å². The van der Waals surface area contributed by atoms with Gasteiger partial charge < -0.3 is 10.5 Å². The molecule has 0 amide bonds. The minimum Gasteiger partial charge on any atom is -0.377 e. The molecule has 0 radical (unpaired) electrons. The zero-order valence-corrected chi connectivity index (χ0v) is 10.5. The van der Waals surface area contributed by atoms with E-state index in [1.807, 2.05) is 7.11 Å². The second-order valence-electron chi connectivity index (χ2n) is 4.87. The van der Waals surface area contributed by atoms with Crippen LogP contribution in [0.2, 0.25) is 0 Å². The Morgan fingerprint density at radius 2 is 2.27 bits per heavy atom. The van der Waals surface area contributed by atoms with Gasteiger partial charge in [-0.3, -0.25) is 4.90 Å². The number of nitrogens with zero attached hydrogens (tertiary/aromatic N) is 1. The second kappa shape index (κ2) is 5.83. The summed E-state index contributed by atoms with van der Waals surface area (Å²) in [7, 11) is 1.83. The molecule has 0 bridgehead atoms. The Morgan fingerprint density at radius 3 is 2.80 bits per heavy atom. The van der Waals surface area contributed by atoms with Crippen LogP contribution in [0, 0.1) is 0 Å². The summed E-state index contributed by atoms with van der Waals surface area (Å²) in [5, 5.41) is 0. The Labute approximate surface area is 94.0 Å². The summed E-state index contributed by atoms with van der Waals surface area (Å²) in [6.45, 7) is 7.52. The fourth-order valence-corrected chi connectivity index (χ4v) is 2.56. The van der Waals surface area contributed by atoms with Crippen molar-refractivity contribution in [1.29, 1.82) is 0 Å². The molecule has 0 aromatic rings. The van der Waals surface area contributed by atoms with Crippen LogP contribution in [0.5, 0.6) is 0 Å². The van der Waals surface area contributed by atoms with Crippen molar-refractivity contribution in [2.75, 3.05) is 26.7 Å². The quantitative estimate of drug-likeness (QED) is 0.755. The van der Waals surface area contributed by atoms with E-state index in [-0.39, 0.29) is 5.60 Å². The van der Waals surface area contributed by atoms with E-state index in [1.54, 1.807) is 0 Å². The molecule has 90 valence electrons. The lowest BCUT2D eigenvalue weighted by Gasteiger charge is -2.43. The number of ether oxygens (including phenoxy) is 1. The maximum Gasteiger partial charge on any atom is 0.0777 e. The number of methoxy groups -OCH3 is 1. The lowest BCUT2D eigenvalue weighted by atomic mass is 9.92. The van der Waals surface area contributed by atoms with E-state index >= 15 is 0 Å². The monoisotopic (exact) mass is 214 g/mol. The minimum absolute atomic E-state index is 0.0558. The first-order valence-electron chi connectivity index (χ1n) is 6.14. The van der Waals surface area contributed by atoms with Gasteiger partial charge in [0.15, 0.2) is 0 Å². The molecule has 1 fully saturated rings. The Bertz CT molecular complexity index is 186. The first-order chi connectivity index (χ1) is 7.15. The summed E-state index contributed by atoms with van der Waals surface area (Å²) in [4.78, 5) is 2.56. The maximum absolute atomic E-state index is 5.65. The molecule has 1 heterocycles. The van der Waals surface area contributed by atoms with Gasteiger partial charge in [0.1, 0.15) is 0 Å². The molecular formula is C12H26N2O. The van der Waals surface area contributed by atoms with Crippen LogP contribution in [0.3, 0.4) is 0 Å². The van der Waals surface area contributed by atoms with Gasteiger partial charge in [-0.2, -0.15) is 0 Å². The normalized spacial score (nSPS) is 30.4. The van der Waals surface area contributed by atoms with E-state index in [4.69, 9.17) is 10.5 Å². The minimum atomic E-state index is 0.0558. The summed E-state index contributed by atoms with van der Waals surface area (Å²) in [6, 6.07) is 0.643. The summed E-state index contributed by atoms with van der Waals surface area (Å²) < 4.78 is 5.61. The number of hydrogen-bond donors (Lipinski definition) is 1. The third-order valence-corrected chi connectivity index (χ3v) is 3.67. The highest BCUT2D eigenvalue weighted by Gasteiger charge is 2.32. The first-order valence-corrected chi connectivity index (χ1v) is 6.14. The van der Waals surface area contributed by atoms with E-state index in [1.165, 1.54) is 25.8 Å². The molecule has 0 aliphatic carbocycles. The molecule has 15 heavy (non-hydrogen) atoms. The van der Waals surface area contributed by atoms with Gasteiger partial charge in [0, 0.05) is 19.7 Å². The standard InChI is InChI=1S/C12H26N2O/c1-4-11(6-8-13)14-9-5-7-12(2,10-14)15-3/h11H,4-10,13H2,1-3H3. The Kier molecular flexibility index (Phi) is 5.03. The van der Waals surface area contributed by atoms with Crippen molar-refractivity contribution in [2.45, 2.75) is 51.2 Å². The van der Waals surface area contributed by atoms with Crippen LogP contribution < -0.4 is 5.73 Å². The predicted molar refractivity (Wildman–Crippen MR) is 64.0 cm³/mol. The molecule has 2 N–H and O–H groups in total. The lowest BCUT2D eigenvalue weighted by molar-refractivity contribution is -0.0621. The number of nitrogens with two attached hydrogens (primary N) is 1. The van der Waals surface area contributed by atoms with Crippen LogP contribution in [0.25, 0.3) is 0 Å². The Morgan fingerprint density at radius 1 is 1.53 bits per heavy atom. The van der Waals surface area contributed by atoms with Gasteiger partial charge in [0.2, 0.25) is 0 Å². The molecular weight excluding hydrogens is 188 g/mol. The second-order valence-corrected chi connectivity index (χ2v) is 4.87. The average molecular weight is 214 g/mol. The van der Waals surface area contributed by atoms with E-state index in [0.717, 1.165) is 19.5 Å². The molecule has 0 saturated carbocycles. The van der Waals surface area contributed by atoms with Gasteiger partial charge in [0.25, 0.3) is 0 Å². The van der Waals surface area contributed by atoms with Crippen molar-refractivity contribution in [3.8, 4) is 0 Å². The molecule has 1 rings (SSSR count). The van der Waals surface area contributed by atoms with Gasteiger partial charge in [0.05, 0.1) is 5.60 Å². The lowest BCUT2D eigenvalue weighted by Crippen LogP contribution is -2.51. The smallest absolute Gasteiger partial charge is 0.0777 e. The third kappa shape index (κ3) is 3.44. The Balaban J connectivity index is 2.53. The van der Waals surface area contributed by atoms with Crippen molar-refractivity contribution in [2.24, 2.45) is 5.73 Å². The Hall–Kier alpha value is -0.120. The van der Waals surface area contributed by atoms with Crippen LogP contribution >= 0.6 is 0 Å². The maximum atomic E-state index is 5.65. The third-order valence-electron chi connectivity index (χ3n) is 3.67. The van der Waals surface area contributed by atoms with Crippen molar-refractivity contribution in [3.63, 3.8) is 0 Å². The van der Waals surface area contributed by atoms with E-state index in [9.17, 15) is 0 Å². The molecule has 0 aromatic carbocycles. The number of piperidine rings is 1. The van der Waals surface area contributed by atoms with Gasteiger partial charge in [-0.05, 0) is 45.7 Å². The highest BCUT2D eigenvalue weighted by atomic mass is 16.5. The van der Waals surface area contributed by atoms with Crippen molar-refractivity contribution < 1.29 is 4.74 Å². The fraction of sp³-hybridized carbons (Fsp3) is 1.00. The molecule has 1 aliphatic heterocycles. The molecule has 2 unspecified atom stereocenters. The summed E-state index contributed by atoms with van der Waals surface area (Å²) in [5.41, 5.74) is 5.71. The number of rotatable bonds is 5. The summed E-state index contributed by atoms with van der Waals surface area (Å²) in [5.74, 6) is 0. The molecule has 1 aliphatic rings. The van der Waals surface area contributed by atoms with Crippen molar-refractivity contribution in [1.82, 2.24) is 4.90 Å².